The van der Waals surface area contributed by atoms with Crippen molar-refractivity contribution in [3.8, 4) is 5.75 Å². The molecular weight excluding hydrogens is 448 g/mol. The highest BCUT2D eigenvalue weighted by molar-refractivity contribution is 7.88. The highest BCUT2D eigenvalue weighted by atomic mass is 32.2. The number of anilines is 1. The average molecular weight is 473 g/mol. The van der Waals surface area contributed by atoms with Crippen LogP contribution in [0.3, 0.4) is 0 Å². The number of aromatic nitrogens is 2. The van der Waals surface area contributed by atoms with Crippen LogP contribution in [0.15, 0.2) is 54.6 Å². The Bertz CT molecular complexity index is 1160. The van der Waals surface area contributed by atoms with Gasteiger partial charge in [-0.25, -0.2) is 12.7 Å². The smallest absolute Gasteiger partial charge is 0.286 e. The second-order valence-electron chi connectivity index (χ2n) is 7.54. The Kier molecular flexibility index (Phi) is 6.83. The number of benzene rings is 2. The number of hydrogen-bond acceptors (Lipinski definition) is 7. The summed E-state index contributed by atoms with van der Waals surface area (Å²) in [6, 6.07) is 16.2. The van der Waals surface area contributed by atoms with E-state index in [2.05, 4.69) is 15.5 Å². The Labute approximate surface area is 191 Å². The van der Waals surface area contributed by atoms with Crippen LogP contribution in [-0.4, -0.2) is 49.0 Å². The van der Waals surface area contributed by atoms with E-state index in [1.807, 2.05) is 30.3 Å². The quantitative estimate of drug-likeness (QED) is 0.565. The predicted molar refractivity (Wildman–Crippen MR) is 123 cm³/mol. The molecule has 1 amide bonds. The maximum absolute atomic E-state index is 12.7. The van der Waals surface area contributed by atoms with Crippen molar-refractivity contribution in [1.29, 1.82) is 0 Å². The van der Waals surface area contributed by atoms with Gasteiger partial charge in [0.05, 0.1) is 12.9 Å². The van der Waals surface area contributed by atoms with Gasteiger partial charge in [-0.2, -0.15) is 0 Å². The molecule has 1 N–H and O–H groups in total. The number of carbonyl (C=O) groups is 1. The minimum absolute atomic E-state index is 0.00694. The third-order valence-electron chi connectivity index (χ3n) is 5.37. The fourth-order valence-electron chi connectivity index (χ4n) is 3.61. The zero-order chi connectivity index (χ0) is 22.6. The van der Waals surface area contributed by atoms with E-state index in [4.69, 9.17) is 4.74 Å². The number of hydrogen-bond donors (Lipinski definition) is 1. The molecule has 8 nitrogen and oxygen atoms in total. The molecule has 0 unspecified atom stereocenters. The number of ether oxygens (including phenoxy) is 1. The molecule has 4 rings (SSSR count). The zero-order valence-corrected chi connectivity index (χ0v) is 19.2. The van der Waals surface area contributed by atoms with Gasteiger partial charge in [-0.05, 0) is 42.7 Å². The van der Waals surface area contributed by atoms with Crippen molar-refractivity contribution >= 4 is 33.0 Å². The van der Waals surface area contributed by atoms with Crippen molar-refractivity contribution in [1.82, 2.24) is 14.5 Å². The zero-order valence-electron chi connectivity index (χ0n) is 17.6. The minimum Gasteiger partial charge on any atom is -0.497 e. The van der Waals surface area contributed by atoms with Crippen LogP contribution >= 0.6 is 11.3 Å². The molecule has 1 aromatic heterocycles. The molecule has 0 bridgehead atoms. The number of methoxy groups -OCH3 is 1. The van der Waals surface area contributed by atoms with E-state index in [1.165, 1.54) is 11.3 Å². The number of amides is 1. The Hall–Kier alpha value is -2.82. The molecule has 2 aromatic carbocycles. The summed E-state index contributed by atoms with van der Waals surface area (Å²) < 4.78 is 32.2. The number of carbonyl (C=O) groups excluding carboxylic acids is 1. The van der Waals surface area contributed by atoms with E-state index in [0.717, 1.165) is 10.6 Å². The summed E-state index contributed by atoms with van der Waals surface area (Å²) in [5.74, 6) is 0.492. The van der Waals surface area contributed by atoms with Gasteiger partial charge in [-0.3, -0.25) is 4.79 Å². The SMILES string of the molecule is COc1ccc(NC(=O)c2nnc(C3CCN(S(=O)(=O)Cc4ccccc4)CC3)s2)cc1. The van der Waals surface area contributed by atoms with Crippen LogP contribution in [0, 0.1) is 0 Å². The van der Waals surface area contributed by atoms with Crippen molar-refractivity contribution in [2.24, 2.45) is 0 Å². The number of piperidine rings is 1. The lowest BCUT2D eigenvalue weighted by Crippen LogP contribution is -2.38. The van der Waals surface area contributed by atoms with Gasteiger partial charge >= 0.3 is 0 Å². The lowest BCUT2D eigenvalue weighted by Gasteiger charge is -2.30. The van der Waals surface area contributed by atoms with Crippen LogP contribution in [0.25, 0.3) is 0 Å². The molecule has 10 heteroatoms. The molecule has 0 saturated carbocycles. The standard InChI is InChI=1S/C22H24N4O4S2/c1-30-19-9-7-18(8-10-19)23-20(27)22-25-24-21(31-22)17-11-13-26(14-12-17)32(28,29)15-16-5-3-2-4-6-16/h2-10,17H,11-15H2,1H3,(H,23,27). The van der Waals surface area contributed by atoms with Gasteiger partial charge < -0.3 is 10.1 Å². The van der Waals surface area contributed by atoms with E-state index < -0.39 is 10.0 Å². The minimum atomic E-state index is -3.36. The van der Waals surface area contributed by atoms with Crippen LogP contribution in [0.5, 0.6) is 5.75 Å². The highest BCUT2D eigenvalue weighted by Crippen LogP contribution is 2.32. The summed E-state index contributed by atoms with van der Waals surface area (Å²) in [5, 5.41) is 12.1. The summed E-state index contributed by atoms with van der Waals surface area (Å²) in [5.41, 5.74) is 1.43. The molecule has 0 radical (unpaired) electrons. The van der Waals surface area contributed by atoms with E-state index in [-0.39, 0.29) is 22.6 Å². The van der Waals surface area contributed by atoms with Gasteiger partial charge in [-0.1, -0.05) is 41.7 Å². The number of nitrogens with zero attached hydrogens (tertiary/aromatic N) is 3. The molecule has 0 aliphatic carbocycles. The van der Waals surface area contributed by atoms with Gasteiger partial charge in [0.25, 0.3) is 5.91 Å². The predicted octanol–water partition coefficient (Wildman–Crippen LogP) is 3.51. The molecule has 1 saturated heterocycles. The van der Waals surface area contributed by atoms with Crippen LogP contribution in [-0.2, 0) is 15.8 Å². The highest BCUT2D eigenvalue weighted by Gasteiger charge is 2.30. The fourth-order valence-corrected chi connectivity index (χ4v) is 6.08. The van der Waals surface area contributed by atoms with Crippen LogP contribution in [0.2, 0.25) is 0 Å². The van der Waals surface area contributed by atoms with Gasteiger partial charge in [-0.15, -0.1) is 10.2 Å². The second kappa shape index (κ2) is 9.76. The summed E-state index contributed by atoms with van der Waals surface area (Å²) in [4.78, 5) is 12.5. The molecule has 0 spiro atoms. The Morgan fingerprint density at radius 3 is 2.44 bits per heavy atom. The fraction of sp³-hybridized carbons (Fsp3) is 0.318. The van der Waals surface area contributed by atoms with Gasteiger partial charge in [0.15, 0.2) is 0 Å². The molecule has 32 heavy (non-hydrogen) atoms. The normalized spacial score (nSPS) is 15.4. The monoisotopic (exact) mass is 472 g/mol. The molecule has 2 heterocycles. The molecular formula is C22H24N4O4S2. The first-order chi connectivity index (χ1) is 15.4. The lowest BCUT2D eigenvalue weighted by molar-refractivity contribution is 0.102. The van der Waals surface area contributed by atoms with Crippen molar-refractivity contribution < 1.29 is 17.9 Å². The van der Waals surface area contributed by atoms with Gasteiger partial charge in [0.2, 0.25) is 15.0 Å². The van der Waals surface area contributed by atoms with Crippen LogP contribution in [0.4, 0.5) is 5.69 Å². The Balaban J connectivity index is 1.33. The third kappa shape index (κ3) is 5.32. The first-order valence-corrected chi connectivity index (χ1v) is 12.7. The van der Waals surface area contributed by atoms with E-state index in [0.29, 0.717) is 37.4 Å². The van der Waals surface area contributed by atoms with Crippen molar-refractivity contribution in [3.63, 3.8) is 0 Å². The van der Waals surface area contributed by atoms with Crippen LogP contribution < -0.4 is 10.1 Å². The van der Waals surface area contributed by atoms with E-state index in [1.54, 1.807) is 35.7 Å². The largest absolute Gasteiger partial charge is 0.497 e. The van der Waals surface area contributed by atoms with Gasteiger partial charge in [0.1, 0.15) is 10.8 Å². The van der Waals surface area contributed by atoms with Gasteiger partial charge in [0, 0.05) is 24.7 Å². The lowest BCUT2D eigenvalue weighted by atomic mass is 9.99. The van der Waals surface area contributed by atoms with Crippen molar-refractivity contribution in [2.45, 2.75) is 24.5 Å². The Morgan fingerprint density at radius 2 is 1.78 bits per heavy atom. The van der Waals surface area contributed by atoms with Crippen molar-refractivity contribution in [2.75, 3.05) is 25.5 Å². The van der Waals surface area contributed by atoms with Crippen molar-refractivity contribution in [3.05, 3.63) is 70.2 Å². The first-order valence-electron chi connectivity index (χ1n) is 10.2. The number of sulfonamides is 1. The first kappa shape index (κ1) is 22.4. The third-order valence-corrected chi connectivity index (χ3v) is 8.31. The van der Waals surface area contributed by atoms with E-state index in [9.17, 15) is 13.2 Å². The van der Waals surface area contributed by atoms with E-state index >= 15 is 0 Å². The Morgan fingerprint density at radius 1 is 1.09 bits per heavy atom. The maximum Gasteiger partial charge on any atom is 0.286 e. The molecule has 1 aliphatic rings. The number of nitrogens with one attached hydrogen (secondary N) is 1. The molecule has 1 aliphatic heterocycles. The molecule has 1 fully saturated rings. The number of rotatable bonds is 7. The molecule has 3 aromatic rings. The molecule has 0 atom stereocenters. The summed E-state index contributed by atoms with van der Waals surface area (Å²) >= 11 is 1.26. The topological polar surface area (TPSA) is 101 Å². The second-order valence-corrected chi connectivity index (χ2v) is 10.5. The molecule has 168 valence electrons. The average Bonchev–Trinajstić information content (AvgIpc) is 3.31. The maximum atomic E-state index is 12.7. The summed E-state index contributed by atoms with van der Waals surface area (Å²) in [7, 11) is -1.78. The summed E-state index contributed by atoms with van der Waals surface area (Å²) in [6.45, 7) is 0.875. The summed E-state index contributed by atoms with van der Waals surface area (Å²) in [6.07, 6.45) is 1.31. The van der Waals surface area contributed by atoms with Crippen LogP contribution in [0.1, 0.15) is 39.1 Å².